The summed E-state index contributed by atoms with van der Waals surface area (Å²) in [5, 5.41) is 11.0. The number of hydrazine groups is 1. The zero-order valence-corrected chi connectivity index (χ0v) is 14.0. The number of carbonyl (C=O) groups excluding carboxylic acids is 1. The smallest absolute Gasteiger partial charge is 0.265 e. The molecule has 0 spiro atoms. The van der Waals surface area contributed by atoms with Crippen LogP contribution in [0.4, 0.5) is 0 Å². The Labute approximate surface area is 136 Å². The Hall–Kier alpha value is -1.48. The summed E-state index contributed by atoms with van der Waals surface area (Å²) in [6.45, 7) is 3.11. The maximum absolute atomic E-state index is 12.1. The molecule has 0 radical (unpaired) electrons. The second-order valence-electron chi connectivity index (χ2n) is 5.71. The number of aliphatic hydroxyl groups is 1. The molecular formula is C15H23N3O4S. The highest BCUT2D eigenvalue weighted by Gasteiger charge is 2.17. The van der Waals surface area contributed by atoms with Crippen LogP contribution in [0.5, 0.6) is 0 Å². The zero-order chi connectivity index (χ0) is 16.9. The van der Waals surface area contributed by atoms with Crippen molar-refractivity contribution in [2.75, 3.05) is 19.6 Å². The number of benzene rings is 1. The molecule has 1 saturated heterocycles. The predicted molar refractivity (Wildman–Crippen MR) is 86.2 cm³/mol. The lowest BCUT2D eigenvalue weighted by Crippen LogP contribution is -2.45. The minimum atomic E-state index is -3.68. The van der Waals surface area contributed by atoms with Gasteiger partial charge < -0.3 is 5.11 Å². The van der Waals surface area contributed by atoms with Gasteiger partial charge in [0.2, 0.25) is 10.0 Å². The van der Waals surface area contributed by atoms with Crippen LogP contribution in [-0.2, 0) is 10.0 Å². The Morgan fingerprint density at radius 1 is 1.22 bits per heavy atom. The average Bonchev–Trinajstić information content (AvgIpc) is 2.54. The first kappa shape index (κ1) is 17.9. The molecule has 23 heavy (non-hydrogen) atoms. The summed E-state index contributed by atoms with van der Waals surface area (Å²) in [4.78, 5) is 12.2. The van der Waals surface area contributed by atoms with Crippen molar-refractivity contribution in [3.05, 3.63) is 29.8 Å². The highest BCUT2D eigenvalue weighted by Crippen LogP contribution is 2.12. The molecule has 2 rings (SSSR count). The van der Waals surface area contributed by atoms with E-state index < -0.39 is 16.1 Å². The summed E-state index contributed by atoms with van der Waals surface area (Å²) in [7, 11) is -3.68. The van der Waals surface area contributed by atoms with Crippen LogP contribution < -0.4 is 10.1 Å². The third kappa shape index (κ3) is 5.28. The molecule has 0 saturated carbocycles. The maximum Gasteiger partial charge on any atom is 0.265 e. The summed E-state index contributed by atoms with van der Waals surface area (Å²) in [5.74, 6) is -0.243. The summed E-state index contributed by atoms with van der Waals surface area (Å²) in [6, 6.07) is 5.73. The van der Waals surface area contributed by atoms with E-state index in [1.54, 1.807) is 0 Å². The van der Waals surface area contributed by atoms with Gasteiger partial charge in [0.1, 0.15) is 0 Å². The Bertz CT molecular complexity index is 623. The minimum Gasteiger partial charge on any atom is -0.392 e. The van der Waals surface area contributed by atoms with E-state index in [2.05, 4.69) is 10.1 Å². The summed E-state index contributed by atoms with van der Waals surface area (Å²) in [6.07, 6.45) is 2.54. The van der Waals surface area contributed by atoms with Gasteiger partial charge in [-0.05, 0) is 44.0 Å². The number of piperidine rings is 1. The van der Waals surface area contributed by atoms with Gasteiger partial charge in [-0.25, -0.2) is 18.1 Å². The number of hydrogen-bond donors (Lipinski definition) is 3. The Morgan fingerprint density at radius 2 is 1.83 bits per heavy atom. The molecule has 1 fully saturated rings. The van der Waals surface area contributed by atoms with Gasteiger partial charge in [0.25, 0.3) is 5.91 Å². The van der Waals surface area contributed by atoms with Crippen LogP contribution in [0.1, 0.15) is 36.5 Å². The summed E-state index contributed by atoms with van der Waals surface area (Å²) in [5.41, 5.74) is 3.24. The van der Waals surface area contributed by atoms with E-state index >= 15 is 0 Å². The number of carbonyl (C=O) groups is 1. The predicted octanol–water partition coefficient (Wildman–Crippen LogP) is 0.476. The fourth-order valence-electron chi connectivity index (χ4n) is 2.31. The first-order chi connectivity index (χ1) is 10.9. The van der Waals surface area contributed by atoms with E-state index in [0.717, 1.165) is 25.9 Å². The number of nitrogens with zero attached hydrogens (tertiary/aromatic N) is 1. The monoisotopic (exact) mass is 341 g/mol. The number of rotatable bonds is 6. The molecule has 7 nitrogen and oxygen atoms in total. The van der Waals surface area contributed by atoms with E-state index in [0.29, 0.717) is 5.56 Å². The van der Waals surface area contributed by atoms with E-state index in [-0.39, 0.29) is 17.3 Å². The van der Waals surface area contributed by atoms with E-state index in [9.17, 15) is 13.2 Å². The normalized spacial score (nSPS) is 17.7. The van der Waals surface area contributed by atoms with Crippen molar-refractivity contribution in [3.8, 4) is 0 Å². The molecule has 0 aromatic heterocycles. The van der Waals surface area contributed by atoms with Crippen LogP contribution >= 0.6 is 0 Å². The van der Waals surface area contributed by atoms with Gasteiger partial charge >= 0.3 is 0 Å². The molecule has 1 atom stereocenters. The van der Waals surface area contributed by atoms with Gasteiger partial charge in [-0.3, -0.25) is 10.2 Å². The largest absolute Gasteiger partial charge is 0.392 e. The second-order valence-corrected chi connectivity index (χ2v) is 7.48. The number of amides is 1. The fraction of sp³-hybridized carbons (Fsp3) is 0.533. The second kappa shape index (κ2) is 7.87. The number of hydrogen-bond acceptors (Lipinski definition) is 5. The van der Waals surface area contributed by atoms with Gasteiger partial charge in [-0.2, -0.15) is 0 Å². The molecule has 0 bridgehead atoms. The van der Waals surface area contributed by atoms with Gasteiger partial charge in [-0.1, -0.05) is 6.42 Å². The molecule has 0 aliphatic carbocycles. The zero-order valence-electron chi connectivity index (χ0n) is 13.2. The van der Waals surface area contributed by atoms with Crippen LogP contribution in [0.2, 0.25) is 0 Å². The summed E-state index contributed by atoms with van der Waals surface area (Å²) < 4.78 is 26.3. The van der Waals surface area contributed by atoms with Crippen LogP contribution in [0.25, 0.3) is 0 Å². The van der Waals surface area contributed by atoms with Crippen molar-refractivity contribution in [3.63, 3.8) is 0 Å². The topological polar surface area (TPSA) is 98.7 Å². The van der Waals surface area contributed by atoms with E-state index in [1.165, 1.54) is 37.6 Å². The minimum absolute atomic E-state index is 0.0560. The highest BCUT2D eigenvalue weighted by atomic mass is 32.2. The van der Waals surface area contributed by atoms with Crippen molar-refractivity contribution in [2.24, 2.45) is 0 Å². The average molecular weight is 341 g/mol. The quantitative estimate of drug-likeness (QED) is 0.699. The standard InChI is InChI=1S/C15H23N3O4S/c1-12(19)11-16-23(21,22)14-7-5-13(6-8-14)15(20)17-18-9-3-2-4-10-18/h5-8,12,16,19H,2-4,9-11H2,1H3,(H,17,20). The van der Waals surface area contributed by atoms with Gasteiger partial charge in [-0.15, -0.1) is 0 Å². The molecule has 1 unspecified atom stereocenters. The first-order valence-electron chi connectivity index (χ1n) is 7.72. The molecule has 3 N–H and O–H groups in total. The third-order valence-corrected chi connectivity index (χ3v) is 5.05. The molecular weight excluding hydrogens is 318 g/mol. The number of sulfonamides is 1. The van der Waals surface area contributed by atoms with Gasteiger partial charge in [0.15, 0.2) is 0 Å². The van der Waals surface area contributed by atoms with Crippen molar-refractivity contribution in [1.29, 1.82) is 0 Å². The van der Waals surface area contributed by atoms with Crippen molar-refractivity contribution < 1.29 is 18.3 Å². The lowest BCUT2D eigenvalue weighted by Gasteiger charge is -2.26. The van der Waals surface area contributed by atoms with Crippen molar-refractivity contribution >= 4 is 15.9 Å². The number of nitrogens with one attached hydrogen (secondary N) is 2. The lowest BCUT2D eigenvalue weighted by molar-refractivity contribution is 0.0750. The molecule has 1 aromatic carbocycles. The SMILES string of the molecule is CC(O)CNS(=O)(=O)c1ccc(C(=O)NN2CCCCC2)cc1. The molecule has 1 aromatic rings. The maximum atomic E-state index is 12.1. The molecule has 8 heteroatoms. The Morgan fingerprint density at radius 3 is 2.39 bits per heavy atom. The van der Waals surface area contributed by atoms with Crippen LogP contribution in [0, 0.1) is 0 Å². The van der Waals surface area contributed by atoms with Gasteiger partial charge in [0.05, 0.1) is 11.0 Å². The lowest BCUT2D eigenvalue weighted by atomic mass is 10.1. The van der Waals surface area contributed by atoms with E-state index in [1.807, 2.05) is 5.01 Å². The Balaban J connectivity index is 1.99. The Kier molecular flexibility index (Phi) is 6.11. The third-order valence-electron chi connectivity index (χ3n) is 3.61. The summed E-state index contributed by atoms with van der Waals surface area (Å²) >= 11 is 0. The molecule has 128 valence electrons. The molecule has 1 aliphatic heterocycles. The van der Waals surface area contributed by atoms with Crippen LogP contribution in [-0.4, -0.2) is 50.2 Å². The molecule has 1 amide bonds. The highest BCUT2D eigenvalue weighted by molar-refractivity contribution is 7.89. The number of aliphatic hydroxyl groups excluding tert-OH is 1. The van der Waals surface area contributed by atoms with Crippen molar-refractivity contribution in [1.82, 2.24) is 15.2 Å². The molecule has 1 aliphatic rings. The van der Waals surface area contributed by atoms with E-state index in [4.69, 9.17) is 5.11 Å². The van der Waals surface area contributed by atoms with Crippen molar-refractivity contribution in [2.45, 2.75) is 37.2 Å². The molecule has 1 heterocycles. The van der Waals surface area contributed by atoms with Gasteiger partial charge in [0, 0.05) is 25.2 Å². The fourth-order valence-corrected chi connectivity index (χ4v) is 3.43. The van der Waals surface area contributed by atoms with Crippen LogP contribution in [0.3, 0.4) is 0 Å². The first-order valence-corrected chi connectivity index (χ1v) is 9.20. The van der Waals surface area contributed by atoms with Crippen LogP contribution in [0.15, 0.2) is 29.2 Å².